The van der Waals surface area contributed by atoms with E-state index in [-0.39, 0.29) is 0 Å². The van der Waals surface area contributed by atoms with Crippen LogP contribution in [-0.2, 0) is 0 Å². The van der Waals surface area contributed by atoms with Crippen LogP contribution in [0.3, 0.4) is 0 Å². The molecule has 1 unspecified atom stereocenters. The Hall–Kier alpha value is -0.0800. The summed E-state index contributed by atoms with van der Waals surface area (Å²) in [5.41, 5.74) is -0.395. The standard InChI is InChI=1S/C11H23NO/c1-4-9(2)12-10-5-7-11(3,13)8-6-10/h9-10,12-13H,4-8H2,1-3H3. The van der Waals surface area contributed by atoms with Crippen molar-refractivity contribution in [1.29, 1.82) is 0 Å². The van der Waals surface area contributed by atoms with E-state index in [4.69, 9.17) is 0 Å². The summed E-state index contributed by atoms with van der Waals surface area (Å²) in [5, 5.41) is 13.4. The third-order valence-corrected chi connectivity index (χ3v) is 3.20. The van der Waals surface area contributed by atoms with Gasteiger partial charge in [0.2, 0.25) is 0 Å². The molecule has 1 aliphatic carbocycles. The highest BCUT2D eigenvalue weighted by Crippen LogP contribution is 2.27. The first-order valence-electron chi connectivity index (χ1n) is 5.52. The second-order valence-corrected chi connectivity index (χ2v) is 4.75. The summed E-state index contributed by atoms with van der Waals surface area (Å²) in [6.07, 6.45) is 5.32. The molecule has 13 heavy (non-hydrogen) atoms. The van der Waals surface area contributed by atoms with Gasteiger partial charge in [0.05, 0.1) is 5.60 Å². The number of hydrogen-bond donors (Lipinski definition) is 2. The number of aliphatic hydroxyl groups is 1. The molecule has 0 saturated heterocycles. The summed E-state index contributed by atoms with van der Waals surface area (Å²) >= 11 is 0. The monoisotopic (exact) mass is 185 g/mol. The number of rotatable bonds is 3. The highest BCUT2D eigenvalue weighted by atomic mass is 16.3. The van der Waals surface area contributed by atoms with Crippen LogP contribution >= 0.6 is 0 Å². The average Bonchev–Trinajstić information content (AvgIpc) is 2.08. The minimum absolute atomic E-state index is 0.395. The molecule has 1 saturated carbocycles. The smallest absolute Gasteiger partial charge is 0.0621 e. The van der Waals surface area contributed by atoms with E-state index in [0.29, 0.717) is 12.1 Å². The lowest BCUT2D eigenvalue weighted by molar-refractivity contribution is 0.0131. The molecule has 2 N–H and O–H groups in total. The molecular formula is C11H23NO. The molecule has 0 aliphatic heterocycles. The Kier molecular flexibility index (Phi) is 3.74. The van der Waals surface area contributed by atoms with Crippen molar-refractivity contribution < 1.29 is 5.11 Å². The lowest BCUT2D eigenvalue weighted by atomic mass is 9.83. The van der Waals surface area contributed by atoms with Crippen molar-refractivity contribution in [3.8, 4) is 0 Å². The molecular weight excluding hydrogens is 162 g/mol. The molecule has 1 atom stereocenters. The molecule has 78 valence electrons. The van der Waals surface area contributed by atoms with Crippen molar-refractivity contribution >= 4 is 0 Å². The van der Waals surface area contributed by atoms with Crippen molar-refractivity contribution in [3.05, 3.63) is 0 Å². The third-order valence-electron chi connectivity index (χ3n) is 3.20. The number of hydrogen-bond acceptors (Lipinski definition) is 2. The van der Waals surface area contributed by atoms with Crippen LogP contribution in [0, 0.1) is 0 Å². The molecule has 1 rings (SSSR count). The Morgan fingerprint density at radius 3 is 2.46 bits per heavy atom. The summed E-state index contributed by atoms with van der Waals surface area (Å²) in [7, 11) is 0. The fourth-order valence-corrected chi connectivity index (χ4v) is 1.93. The van der Waals surface area contributed by atoms with Crippen molar-refractivity contribution in [1.82, 2.24) is 5.32 Å². The van der Waals surface area contributed by atoms with Crippen LogP contribution in [0.5, 0.6) is 0 Å². The Morgan fingerprint density at radius 1 is 1.46 bits per heavy atom. The van der Waals surface area contributed by atoms with E-state index in [9.17, 15) is 5.11 Å². The van der Waals surface area contributed by atoms with Crippen LogP contribution in [0.25, 0.3) is 0 Å². The van der Waals surface area contributed by atoms with Gasteiger partial charge in [-0.2, -0.15) is 0 Å². The lowest BCUT2D eigenvalue weighted by Crippen LogP contribution is -2.42. The van der Waals surface area contributed by atoms with E-state index in [0.717, 1.165) is 25.7 Å². The van der Waals surface area contributed by atoms with Gasteiger partial charge in [-0.3, -0.25) is 0 Å². The van der Waals surface area contributed by atoms with E-state index >= 15 is 0 Å². The maximum atomic E-state index is 9.76. The summed E-state index contributed by atoms with van der Waals surface area (Å²) in [6, 6.07) is 1.25. The van der Waals surface area contributed by atoms with Crippen molar-refractivity contribution in [3.63, 3.8) is 0 Å². The van der Waals surface area contributed by atoms with Gasteiger partial charge >= 0.3 is 0 Å². The van der Waals surface area contributed by atoms with E-state index in [1.807, 2.05) is 6.92 Å². The first kappa shape index (κ1) is 11.0. The minimum atomic E-state index is -0.395. The van der Waals surface area contributed by atoms with E-state index < -0.39 is 5.60 Å². The SMILES string of the molecule is CCC(C)NC1CCC(C)(O)CC1. The van der Waals surface area contributed by atoms with Crippen LogP contribution in [0.15, 0.2) is 0 Å². The Labute approximate surface area is 81.7 Å². The van der Waals surface area contributed by atoms with Gasteiger partial charge in [-0.25, -0.2) is 0 Å². The summed E-state index contributed by atoms with van der Waals surface area (Å²) in [5.74, 6) is 0. The fourth-order valence-electron chi connectivity index (χ4n) is 1.93. The molecule has 0 amide bonds. The van der Waals surface area contributed by atoms with Gasteiger partial charge in [-0.15, -0.1) is 0 Å². The molecule has 0 aromatic heterocycles. The second kappa shape index (κ2) is 4.43. The zero-order chi connectivity index (χ0) is 9.90. The molecule has 2 nitrogen and oxygen atoms in total. The maximum Gasteiger partial charge on any atom is 0.0621 e. The van der Waals surface area contributed by atoms with Gasteiger partial charge in [-0.05, 0) is 46.0 Å². The molecule has 0 bridgehead atoms. The van der Waals surface area contributed by atoms with Crippen LogP contribution < -0.4 is 5.32 Å². The van der Waals surface area contributed by atoms with E-state index in [1.54, 1.807) is 0 Å². The molecule has 1 aliphatic rings. The van der Waals surface area contributed by atoms with Gasteiger partial charge in [0, 0.05) is 12.1 Å². The molecule has 0 radical (unpaired) electrons. The predicted molar refractivity (Wildman–Crippen MR) is 55.8 cm³/mol. The molecule has 0 heterocycles. The van der Waals surface area contributed by atoms with Crippen molar-refractivity contribution in [2.24, 2.45) is 0 Å². The van der Waals surface area contributed by atoms with Crippen LogP contribution in [0.4, 0.5) is 0 Å². The molecule has 0 aromatic carbocycles. The maximum absolute atomic E-state index is 9.76. The van der Waals surface area contributed by atoms with Crippen LogP contribution in [0.1, 0.15) is 52.9 Å². The lowest BCUT2D eigenvalue weighted by Gasteiger charge is -2.34. The number of nitrogens with one attached hydrogen (secondary N) is 1. The molecule has 1 fully saturated rings. The van der Waals surface area contributed by atoms with Gasteiger partial charge in [0.1, 0.15) is 0 Å². The average molecular weight is 185 g/mol. The first-order valence-corrected chi connectivity index (χ1v) is 5.52. The summed E-state index contributed by atoms with van der Waals surface area (Å²) in [6.45, 7) is 6.38. The van der Waals surface area contributed by atoms with Gasteiger partial charge in [0.25, 0.3) is 0 Å². The topological polar surface area (TPSA) is 32.3 Å². The highest BCUT2D eigenvalue weighted by molar-refractivity contribution is 4.85. The molecule has 0 aromatic rings. The third kappa shape index (κ3) is 3.65. The summed E-state index contributed by atoms with van der Waals surface area (Å²) in [4.78, 5) is 0. The van der Waals surface area contributed by atoms with Gasteiger partial charge in [0.15, 0.2) is 0 Å². The minimum Gasteiger partial charge on any atom is -0.390 e. The second-order valence-electron chi connectivity index (χ2n) is 4.75. The van der Waals surface area contributed by atoms with Gasteiger partial charge < -0.3 is 10.4 Å². The van der Waals surface area contributed by atoms with Crippen LogP contribution in [-0.4, -0.2) is 22.8 Å². The summed E-state index contributed by atoms with van der Waals surface area (Å²) < 4.78 is 0. The van der Waals surface area contributed by atoms with E-state index in [2.05, 4.69) is 19.2 Å². The highest BCUT2D eigenvalue weighted by Gasteiger charge is 2.28. The quantitative estimate of drug-likeness (QED) is 0.705. The Morgan fingerprint density at radius 2 is 2.00 bits per heavy atom. The van der Waals surface area contributed by atoms with Crippen molar-refractivity contribution in [2.75, 3.05) is 0 Å². The van der Waals surface area contributed by atoms with Crippen molar-refractivity contribution in [2.45, 2.75) is 70.6 Å². The fraction of sp³-hybridized carbons (Fsp3) is 1.00. The van der Waals surface area contributed by atoms with Gasteiger partial charge in [-0.1, -0.05) is 6.92 Å². The Balaban J connectivity index is 2.25. The Bertz CT molecular complexity index is 146. The van der Waals surface area contributed by atoms with Crippen LogP contribution in [0.2, 0.25) is 0 Å². The molecule has 2 heteroatoms. The normalized spacial score (nSPS) is 37.4. The molecule has 0 spiro atoms. The predicted octanol–water partition coefficient (Wildman–Crippen LogP) is 2.07. The van der Waals surface area contributed by atoms with E-state index in [1.165, 1.54) is 6.42 Å². The zero-order valence-corrected chi connectivity index (χ0v) is 9.14. The zero-order valence-electron chi connectivity index (χ0n) is 9.14. The first-order chi connectivity index (χ1) is 6.03. The largest absolute Gasteiger partial charge is 0.390 e.